The highest BCUT2D eigenvalue weighted by Gasteiger charge is 2.17. The Morgan fingerprint density at radius 3 is 2.20 bits per heavy atom. The van der Waals surface area contributed by atoms with Gasteiger partial charge in [-0.05, 0) is 6.07 Å². The molecule has 0 fully saturated rings. The molecule has 1 aromatic heterocycles. The summed E-state index contributed by atoms with van der Waals surface area (Å²) in [6, 6.07) is 1.43. The lowest BCUT2D eigenvalue weighted by Crippen LogP contribution is -2.28. The molecule has 1 aromatic rings. The lowest BCUT2D eigenvalue weighted by atomic mass is 9.83. The summed E-state index contributed by atoms with van der Waals surface area (Å²) >= 11 is 12.2. The highest BCUT2D eigenvalue weighted by atomic mass is 35.5. The monoisotopic (exact) mass is 196 g/mol. The van der Waals surface area contributed by atoms with Crippen molar-refractivity contribution >= 4 is 47.1 Å². The Kier molecular flexibility index (Phi) is 2.60. The van der Waals surface area contributed by atoms with E-state index in [1.807, 2.05) is 0 Å². The van der Waals surface area contributed by atoms with Crippen LogP contribution in [0.3, 0.4) is 0 Å². The molecule has 6 heteroatoms. The molecule has 0 aliphatic heterocycles. The van der Waals surface area contributed by atoms with E-state index in [4.69, 9.17) is 33.2 Å². The fourth-order valence-corrected chi connectivity index (χ4v) is 2.04. The van der Waals surface area contributed by atoms with Crippen LogP contribution >= 0.6 is 34.5 Å². The van der Waals surface area contributed by atoms with Gasteiger partial charge in [-0.3, -0.25) is 0 Å². The summed E-state index contributed by atoms with van der Waals surface area (Å²) in [5.41, 5.74) is 0.261. The van der Waals surface area contributed by atoms with Crippen LogP contribution in [-0.2, 0) is 0 Å². The normalized spacial score (nSPS) is 10.0. The maximum Gasteiger partial charge on any atom is 0.490 e. The standard InChI is InChI=1S/C4H3BCl2O2S/c6-3-1-2(5(8)9)4(7)10-3/h1,8-9H. The molecule has 54 valence electrons. The molecule has 0 aromatic carbocycles. The average molecular weight is 197 g/mol. The van der Waals surface area contributed by atoms with E-state index >= 15 is 0 Å². The Hall–Kier alpha value is 0.265. The van der Waals surface area contributed by atoms with Crippen LogP contribution in [0.1, 0.15) is 0 Å². The molecule has 1 rings (SSSR count). The Labute approximate surface area is 72.2 Å². The first-order chi connectivity index (χ1) is 4.61. The van der Waals surface area contributed by atoms with Crippen LogP contribution in [0, 0.1) is 0 Å². The quantitative estimate of drug-likeness (QED) is 0.651. The first kappa shape index (κ1) is 8.36. The maximum absolute atomic E-state index is 8.64. The fourth-order valence-electron chi connectivity index (χ4n) is 0.529. The van der Waals surface area contributed by atoms with Gasteiger partial charge in [0.25, 0.3) is 0 Å². The number of thiophene rings is 1. The van der Waals surface area contributed by atoms with Crippen molar-refractivity contribution in [2.45, 2.75) is 0 Å². The molecule has 0 saturated carbocycles. The van der Waals surface area contributed by atoms with E-state index in [1.54, 1.807) is 0 Å². The van der Waals surface area contributed by atoms with E-state index in [1.165, 1.54) is 6.07 Å². The van der Waals surface area contributed by atoms with E-state index in [0.717, 1.165) is 11.3 Å². The van der Waals surface area contributed by atoms with Gasteiger partial charge in [0.2, 0.25) is 0 Å². The first-order valence-electron chi connectivity index (χ1n) is 2.42. The van der Waals surface area contributed by atoms with Gasteiger partial charge in [-0.1, -0.05) is 23.2 Å². The van der Waals surface area contributed by atoms with Gasteiger partial charge in [0.1, 0.15) is 0 Å². The van der Waals surface area contributed by atoms with Crippen LogP contribution in [0.2, 0.25) is 8.67 Å². The average Bonchev–Trinajstić information content (AvgIpc) is 2.10. The summed E-state index contributed by atoms with van der Waals surface area (Å²) < 4.78 is 0.771. The zero-order valence-corrected chi connectivity index (χ0v) is 7.04. The lowest BCUT2D eigenvalue weighted by molar-refractivity contribution is 0.426. The molecule has 0 saturated heterocycles. The first-order valence-corrected chi connectivity index (χ1v) is 3.99. The topological polar surface area (TPSA) is 40.5 Å². The molecule has 0 spiro atoms. The Morgan fingerprint density at radius 1 is 1.40 bits per heavy atom. The lowest BCUT2D eigenvalue weighted by Gasteiger charge is -1.91. The van der Waals surface area contributed by atoms with Gasteiger partial charge in [0, 0.05) is 5.46 Å². The summed E-state index contributed by atoms with van der Waals surface area (Å²) in [4.78, 5) is 0. The third-order valence-electron chi connectivity index (χ3n) is 0.961. The van der Waals surface area contributed by atoms with Crippen molar-refractivity contribution in [3.63, 3.8) is 0 Å². The van der Waals surface area contributed by atoms with Gasteiger partial charge < -0.3 is 10.0 Å². The van der Waals surface area contributed by atoms with Crippen molar-refractivity contribution in [1.82, 2.24) is 0 Å². The van der Waals surface area contributed by atoms with Gasteiger partial charge in [-0.15, -0.1) is 11.3 Å². The second kappa shape index (κ2) is 3.11. The molecule has 2 nitrogen and oxygen atoms in total. The van der Waals surface area contributed by atoms with Crippen molar-refractivity contribution in [1.29, 1.82) is 0 Å². The van der Waals surface area contributed by atoms with Crippen molar-refractivity contribution in [2.24, 2.45) is 0 Å². The zero-order valence-electron chi connectivity index (χ0n) is 4.71. The van der Waals surface area contributed by atoms with Crippen molar-refractivity contribution in [3.8, 4) is 0 Å². The molecule has 0 unspecified atom stereocenters. The third kappa shape index (κ3) is 1.65. The molecule has 0 amide bonds. The van der Waals surface area contributed by atoms with Crippen LogP contribution in [-0.4, -0.2) is 17.2 Å². The molecule has 0 bridgehead atoms. The fraction of sp³-hybridized carbons (Fsp3) is 0. The molecular weight excluding hydrogens is 194 g/mol. The summed E-state index contributed by atoms with van der Waals surface area (Å²) in [5.74, 6) is 0. The van der Waals surface area contributed by atoms with E-state index in [2.05, 4.69) is 0 Å². The highest BCUT2D eigenvalue weighted by Crippen LogP contribution is 2.23. The van der Waals surface area contributed by atoms with Gasteiger partial charge >= 0.3 is 7.12 Å². The predicted molar refractivity (Wildman–Crippen MR) is 44.2 cm³/mol. The number of rotatable bonds is 1. The second-order valence-corrected chi connectivity index (χ2v) is 3.94. The summed E-state index contributed by atoms with van der Waals surface area (Å²) in [5, 5.41) is 17.3. The third-order valence-corrected chi connectivity index (χ3v) is 2.48. The van der Waals surface area contributed by atoms with Crippen LogP contribution in [0.4, 0.5) is 0 Å². The minimum absolute atomic E-state index is 0.261. The zero-order chi connectivity index (χ0) is 7.72. The summed E-state index contributed by atoms with van der Waals surface area (Å²) in [7, 11) is -1.53. The Morgan fingerprint density at radius 2 is 2.00 bits per heavy atom. The Balaban J connectivity index is 3.03. The van der Waals surface area contributed by atoms with E-state index in [-0.39, 0.29) is 5.46 Å². The van der Waals surface area contributed by atoms with Gasteiger partial charge in [-0.25, -0.2) is 0 Å². The smallest absolute Gasteiger partial charge is 0.423 e. The highest BCUT2D eigenvalue weighted by molar-refractivity contribution is 7.21. The minimum atomic E-state index is -1.53. The molecular formula is C4H3BCl2O2S. The van der Waals surface area contributed by atoms with Crippen molar-refractivity contribution < 1.29 is 10.0 Å². The molecule has 0 radical (unpaired) electrons. The second-order valence-electron chi connectivity index (χ2n) is 1.65. The molecule has 1 heterocycles. The molecule has 0 aliphatic rings. The van der Waals surface area contributed by atoms with Crippen LogP contribution in [0.15, 0.2) is 6.07 Å². The van der Waals surface area contributed by atoms with Gasteiger partial charge in [-0.2, -0.15) is 0 Å². The largest absolute Gasteiger partial charge is 0.490 e. The summed E-state index contributed by atoms with van der Waals surface area (Å²) in [6.07, 6.45) is 0. The summed E-state index contributed by atoms with van der Waals surface area (Å²) in [6.45, 7) is 0. The molecule has 2 N–H and O–H groups in total. The predicted octanol–water partition coefficient (Wildman–Crippen LogP) is 0.735. The van der Waals surface area contributed by atoms with Crippen LogP contribution in [0.25, 0.3) is 0 Å². The minimum Gasteiger partial charge on any atom is -0.423 e. The van der Waals surface area contributed by atoms with E-state index < -0.39 is 7.12 Å². The van der Waals surface area contributed by atoms with Gasteiger partial charge in [0.05, 0.1) is 8.67 Å². The van der Waals surface area contributed by atoms with Gasteiger partial charge in [0.15, 0.2) is 0 Å². The van der Waals surface area contributed by atoms with Crippen LogP contribution in [0.5, 0.6) is 0 Å². The molecule has 0 aliphatic carbocycles. The number of hydrogen-bond acceptors (Lipinski definition) is 3. The van der Waals surface area contributed by atoms with Crippen molar-refractivity contribution in [2.75, 3.05) is 0 Å². The maximum atomic E-state index is 8.64. The van der Waals surface area contributed by atoms with E-state index in [9.17, 15) is 0 Å². The number of halogens is 2. The molecule has 0 atom stereocenters. The van der Waals surface area contributed by atoms with E-state index in [0.29, 0.717) is 8.67 Å². The SMILES string of the molecule is OB(O)c1cc(Cl)sc1Cl. The molecule has 10 heavy (non-hydrogen) atoms. The Bertz CT molecular complexity index is 237. The van der Waals surface area contributed by atoms with Crippen molar-refractivity contribution in [3.05, 3.63) is 14.7 Å². The number of hydrogen-bond donors (Lipinski definition) is 2. The van der Waals surface area contributed by atoms with Crippen LogP contribution < -0.4 is 5.46 Å².